The number of nitrogens with one attached hydrogen (secondary N) is 2. The molecule has 2 aliphatic heterocycles. The van der Waals surface area contributed by atoms with E-state index in [4.69, 9.17) is 14.7 Å². The molecule has 3 fully saturated rings. The molecule has 1 amide bonds. The van der Waals surface area contributed by atoms with E-state index in [1.165, 1.54) is 4.57 Å². The van der Waals surface area contributed by atoms with Crippen LogP contribution in [0, 0.1) is 0 Å². The number of rotatable bonds is 8. The molecule has 232 valence electrons. The monoisotopic (exact) mass is 618 g/mol. The topological polar surface area (TPSA) is 135 Å². The Bertz CT molecular complexity index is 1540. The van der Waals surface area contributed by atoms with Gasteiger partial charge in [-0.25, -0.2) is 22.2 Å². The van der Waals surface area contributed by atoms with E-state index >= 15 is 0 Å². The minimum Gasteiger partial charge on any atom is -0.378 e. The summed E-state index contributed by atoms with van der Waals surface area (Å²) in [5, 5.41) is 6.60. The number of sulfone groups is 1. The first kappa shape index (κ1) is 29.6. The third kappa shape index (κ3) is 7.04. The molecule has 15 heteroatoms. The van der Waals surface area contributed by atoms with Gasteiger partial charge in [-0.3, -0.25) is 14.3 Å². The standard InChI is InChI=1S/C28H36F2N8O4S/c29-26(30)27-33-21-3-1-2-4-22(21)38(27)24-17-23(34-28(35-24)37-9-13-42-14-10-37)31-19-5-7-20(8-6-19)32-25(39)18-36-11-15-43(40,41)16-12-36/h1-4,17,19-20,26H,5-16,18H2,(H,32,39)(H,31,34,35)/t19-,20-. The summed E-state index contributed by atoms with van der Waals surface area (Å²) in [6.07, 6.45) is 0.325. The maximum absolute atomic E-state index is 14.1. The summed E-state index contributed by atoms with van der Waals surface area (Å²) >= 11 is 0. The smallest absolute Gasteiger partial charge is 0.296 e. The molecule has 0 radical (unpaired) electrons. The van der Waals surface area contributed by atoms with Gasteiger partial charge >= 0.3 is 0 Å². The van der Waals surface area contributed by atoms with Gasteiger partial charge in [-0.1, -0.05) is 12.1 Å². The second-order valence-corrected chi connectivity index (χ2v) is 13.6. The Morgan fingerprint density at radius 1 is 0.977 bits per heavy atom. The van der Waals surface area contributed by atoms with Crippen LogP contribution in [0.15, 0.2) is 30.3 Å². The molecule has 43 heavy (non-hydrogen) atoms. The number of hydrogen-bond acceptors (Lipinski definition) is 10. The molecular formula is C28H36F2N8O4S. The van der Waals surface area contributed by atoms with Crippen molar-refractivity contribution in [3.63, 3.8) is 0 Å². The van der Waals surface area contributed by atoms with Crippen LogP contribution in [0.2, 0.25) is 0 Å². The normalized spacial score (nSPS) is 23.0. The first-order valence-electron chi connectivity index (χ1n) is 14.7. The lowest BCUT2D eigenvalue weighted by Gasteiger charge is -2.32. The molecule has 1 aliphatic carbocycles. The fourth-order valence-electron chi connectivity index (χ4n) is 5.92. The van der Waals surface area contributed by atoms with E-state index in [2.05, 4.69) is 15.6 Å². The first-order chi connectivity index (χ1) is 20.7. The summed E-state index contributed by atoms with van der Waals surface area (Å²) in [7, 11) is -2.99. The summed E-state index contributed by atoms with van der Waals surface area (Å²) in [6.45, 7) is 3.20. The van der Waals surface area contributed by atoms with Crippen LogP contribution in [-0.2, 0) is 19.4 Å². The Balaban J connectivity index is 1.15. The number of imidazole rings is 1. The van der Waals surface area contributed by atoms with E-state index in [1.54, 1.807) is 30.3 Å². The van der Waals surface area contributed by atoms with E-state index < -0.39 is 16.3 Å². The number of anilines is 2. The van der Waals surface area contributed by atoms with E-state index in [0.29, 0.717) is 68.0 Å². The minimum absolute atomic E-state index is 0.0369. The molecule has 2 saturated heterocycles. The number of aromatic nitrogens is 4. The Labute approximate surface area is 248 Å². The summed E-state index contributed by atoms with van der Waals surface area (Å²) in [4.78, 5) is 30.1. The fraction of sp³-hybridized carbons (Fsp3) is 0.571. The zero-order valence-corrected chi connectivity index (χ0v) is 24.6. The number of amides is 1. The highest BCUT2D eigenvalue weighted by Gasteiger charge is 2.27. The predicted molar refractivity (Wildman–Crippen MR) is 158 cm³/mol. The molecule has 12 nitrogen and oxygen atoms in total. The van der Waals surface area contributed by atoms with Crippen LogP contribution in [0.1, 0.15) is 37.9 Å². The van der Waals surface area contributed by atoms with Gasteiger partial charge < -0.3 is 20.3 Å². The van der Waals surface area contributed by atoms with Crippen molar-refractivity contribution in [2.45, 2.75) is 44.2 Å². The van der Waals surface area contributed by atoms with Crippen molar-refractivity contribution in [2.24, 2.45) is 0 Å². The lowest BCUT2D eigenvalue weighted by atomic mass is 9.91. The fourth-order valence-corrected chi connectivity index (χ4v) is 7.20. The highest BCUT2D eigenvalue weighted by atomic mass is 32.2. The third-order valence-electron chi connectivity index (χ3n) is 8.25. The highest BCUT2D eigenvalue weighted by Crippen LogP contribution is 2.30. The van der Waals surface area contributed by atoms with Gasteiger partial charge in [0.05, 0.1) is 42.3 Å². The molecule has 6 rings (SSSR count). The number of para-hydroxylation sites is 2. The van der Waals surface area contributed by atoms with E-state index in [9.17, 15) is 22.0 Å². The van der Waals surface area contributed by atoms with Crippen molar-refractivity contribution in [1.29, 1.82) is 0 Å². The van der Waals surface area contributed by atoms with Crippen LogP contribution in [0.5, 0.6) is 0 Å². The summed E-state index contributed by atoms with van der Waals surface area (Å²) in [5.41, 5.74) is 1.00. The van der Waals surface area contributed by atoms with Gasteiger partial charge in [0.2, 0.25) is 11.9 Å². The van der Waals surface area contributed by atoms with E-state index in [0.717, 1.165) is 25.7 Å². The van der Waals surface area contributed by atoms with Crippen LogP contribution in [0.4, 0.5) is 20.5 Å². The molecule has 2 N–H and O–H groups in total. The summed E-state index contributed by atoms with van der Waals surface area (Å²) in [6, 6.07) is 8.81. The number of alkyl halides is 2. The zero-order valence-electron chi connectivity index (χ0n) is 23.8. The van der Waals surface area contributed by atoms with Crippen LogP contribution in [-0.4, -0.2) is 108 Å². The summed E-state index contributed by atoms with van der Waals surface area (Å²) < 4.78 is 58.5. The molecule has 1 saturated carbocycles. The molecule has 4 heterocycles. The van der Waals surface area contributed by atoms with Crippen molar-refractivity contribution < 1.29 is 26.7 Å². The minimum atomic E-state index is -2.99. The second kappa shape index (κ2) is 12.7. The SMILES string of the molecule is O=C(CN1CCS(=O)(=O)CC1)N[C@H]1CC[C@H](Nc2cc(-n3c(C(F)F)nc4ccccc43)nc(N3CCOCC3)n2)CC1. The second-order valence-electron chi connectivity index (χ2n) is 11.3. The number of morpholine rings is 1. The maximum Gasteiger partial charge on any atom is 0.296 e. The quantitative estimate of drug-likeness (QED) is 0.387. The molecular weight excluding hydrogens is 582 g/mol. The Morgan fingerprint density at radius 3 is 2.40 bits per heavy atom. The molecule has 3 aliphatic rings. The maximum atomic E-state index is 14.1. The van der Waals surface area contributed by atoms with E-state index in [1.807, 2.05) is 9.80 Å². The van der Waals surface area contributed by atoms with Crippen molar-refractivity contribution in [3.8, 4) is 5.82 Å². The van der Waals surface area contributed by atoms with Crippen LogP contribution >= 0.6 is 0 Å². The van der Waals surface area contributed by atoms with Crippen LogP contribution < -0.4 is 15.5 Å². The lowest BCUT2D eigenvalue weighted by Crippen LogP contribution is -2.48. The number of fused-ring (bicyclic) bond motifs is 1. The largest absolute Gasteiger partial charge is 0.378 e. The van der Waals surface area contributed by atoms with Gasteiger partial charge in [0, 0.05) is 44.3 Å². The molecule has 3 aromatic rings. The van der Waals surface area contributed by atoms with Gasteiger partial charge in [-0.15, -0.1) is 0 Å². The van der Waals surface area contributed by atoms with Gasteiger partial charge in [0.25, 0.3) is 6.43 Å². The number of hydrogen-bond donors (Lipinski definition) is 2. The van der Waals surface area contributed by atoms with Crippen molar-refractivity contribution >= 4 is 38.5 Å². The van der Waals surface area contributed by atoms with Gasteiger partial charge in [-0.2, -0.15) is 9.97 Å². The van der Waals surface area contributed by atoms with Crippen molar-refractivity contribution in [1.82, 2.24) is 29.7 Å². The number of carbonyl (C=O) groups is 1. The lowest BCUT2D eigenvalue weighted by molar-refractivity contribution is -0.123. The van der Waals surface area contributed by atoms with Gasteiger partial charge in [0.1, 0.15) is 11.6 Å². The Hall–Kier alpha value is -3.43. The number of benzene rings is 1. The number of halogens is 2. The van der Waals surface area contributed by atoms with Gasteiger partial charge in [-0.05, 0) is 37.8 Å². The highest BCUT2D eigenvalue weighted by molar-refractivity contribution is 7.91. The number of ether oxygens (including phenoxy) is 1. The number of carbonyl (C=O) groups excluding carboxylic acids is 1. The predicted octanol–water partition coefficient (Wildman–Crippen LogP) is 2.16. The van der Waals surface area contributed by atoms with Crippen LogP contribution in [0.3, 0.4) is 0 Å². The molecule has 0 bridgehead atoms. The number of nitrogens with zero attached hydrogens (tertiary/aromatic N) is 6. The van der Waals surface area contributed by atoms with Crippen molar-refractivity contribution in [2.75, 3.05) is 67.7 Å². The molecule has 1 aromatic carbocycles. The third-order valence-corrected chi connectivity index (χ3v) is 9.86. The Morgan fingerprint density at radius 2 is 1.67 bits per heavy atom. The van der Waals surface area contributed by atoms with E-state index in [-0.39, 0.29) is 41.9 Å². The average Bonchev–Trinajstić information content (AvgIpc) is 3.40. The molecule has 0 unspecified atom stereocenters. The average molecular weight is 619 g/mol. The molecule has 0 atom stereocenters. The molecule has 0 spiro atoms. The summed E-state index contributed by atoms with van der Waals surface area (Å²) in [5.74, 6) is 1.01. The Kier molecular flexibility index (Phi) is 8.73. The zero-order chi connectivity index (χ0) is 30.0. The van der Waals surface area contributed by atoms with Crippen molar-refractivity contribution in [3.05, 3.63) is 36.2 Å². The first-order valence-corrected chi connectivity index (χ1v) is 16.5. The molecule has 2 aromatic heterocycles. The van der Waals surface area contributed by atoms with Crippen LogP contribution in [0.25, 0.3) is 16.9 Å². The van der Waals surface area contributed by atoms with Gasteiger partial charge in [0.15, 0.2) is 15.7 Å².